The smallest absolute Gasteiger partial charge is 0.234 e. The number of nitrogens with one attached hydrogen (secondary N) is 1. The van der Waals surface area contributed by atoms with Crippen molar-refractivity contribution >= 4 is 35.0 Å². The quantitative estimate of drug-likeness (QED) is 0.780. The third-order valence-corrected chi connectivity index (χ3v) is 3.58. The fourth-order valence-electron chi connectivity index (χ4n) is 2.55. The Kier molecular flexibility index (Phi) is 2.56. The summed E-state index contributed by atoms with van der Waals surface area (Å²) in [6, 6.07) is 10.4. The Balaban J connectivity index is 2.18. The number of aryl methyl sites for hydroxylation is 2. The van der Waals surface area contributed by atoms with Crippen LogP contribution < -0.4 is 5.32 Å². The van der Waals surface area contributed by atoms with Crippen LogP contribution >= 0.6 is 12.6 Å². The fraction of sp³-hybridized carbons (Fsp3) is 0.214. The first-order valence-electron chi connectivity index (χ1n) is 5.74. The minimum atomic E-state index is -0.0629. The van der Waals surface area contributed by atoms with Crippen LogP contribution in [-0.2, 0) is 17.6 Å². The molecule has 17 heavy (non-hydrogen) atoms. The molecule has 0 heterocycles. The van der Waals surface area contributed by atoms with Gasteiger partial charge in [0.1, 0.15) is 0 Å². The molecule has 2 aromatic rings. The van der Waals surface area contributed by atoms with Gasteiger partial charge in [-0.2, -0.15) is 12.6 Å². The Bertz CT molecular complexity index is 596. The topological polar surface area (TPSA) is 29.1 Å². The molecule has 1 aliphatic rings. The van der Waals surface area contributed by atoms with Crippen molar-refractivity contribution in [2.75, 3.05) is 11.1 Å². The third kappa shape index (κ3) is 1.71. The summed E-state index contributed by atoms with van der Waals surface area (Å²) in [5.74, 6) is 0.148. The first-order chi connectivity index (χ1) is 8.29. The van der Waals surface area contributed by atoms with Crippen molar-refractivity contribution in [2.45, 2.75) is 12.8 Å². The maximum Gasteiger partial charge on any atom is 0.234 e. The summed E-state index contributed by atoms with van der Waals surface area (Å²) in [5.41, 5.74) is 3.67. The Morgan fingerprint density at radius 2 is 1.94 bits per heavy atom. The molecule has 0 saturated heterocycles. The van der Waals surface area contributed by atoms with Crippen LogP contribution in [0.2, 0.25) is 0 Å². The summed E-state index contributed by atoms with van der Waals surface area (Å²) < 4.78 is 0. The molecule has 3 rings (SSSR count). The van der Waals surface area contributed by atoms with E-state index in [1.807, 2.05) is 6.07 Å². The number of benzene rings is 2. The summed E-state index contributed by atoms with van der Waals surface area (Å²) >= 11 is 3.98. The zero-order valence-corrected chi connectivity index (χ0v) is 10.3. The second-order valence-electron chi connectivity index (χ2n) is 4.32. The van der Waals surface area contributed by atoms with Crippen LogP contribution in [0, 0.1) is 0 Å². The molecule has 0 aromatic heterocycles. The van der Waals surface area contributed by atoms with Gasteiger partial charge < -0.3 is 5.32 Å². The molecule has 1 N–H and O–H groups in total. The standard InChI is InChI=1S/C14H13NOS/c16-13(8-17)15-12-7-6-10-5-4-9-2-1-3-11(12)14(9)10/h1-3,6-7,17H,4-5,8H2,(H,15,16). The van der Waals surface area contributed by atoms with Crippen LogP contribution in [0.1, 0.15) is 11.1 Å². The van der Waals surface area contributed by atoms with E-state index >= 15 is 0 Å². The van der Waals surface area contributed by atoms with Crippen molar-refractivity contribution in [3.8, 4) is 0 Å². The number of amides is 1. The monoisotopic (exact) mass is 243 g/mol. The zero-order chi connectivity index (χ0) is 11.8. The average Bonchev–Trinajstić information content (AvgIpc) is 2.78. The van der Waals surface area contributed by atoms with Crippen molar-refractivity contribution in [3.63, 3.8) is 0 Å². The molecule has 1 amide bonds. The molecular weight excluding hydrogens is 230 g/mol. The molecule has 0 aliphatic heterocycles. The molecule has 0 spiro atoms. The number of hydrogen-bond acceptors (Lipinski definition) is 2. The molecule has 0 saturated carbocycles. The Hall–Kier alpha value is -1.48. The molecule has 0 unspecified atom stereocenters. The Labute approximate surface area is 105 Å². The van der Waals surface area contributed by atoms with E-state index in [1.54, 1.807) is 0 Å². The normalized spacial score (nSPS) is 13.0. The van der Waals surface area contributed by atoms with Crippen molar-refractivity contribution in [2.24, 2.45) is 0 Å². The van der Waals surface area contributed by atoms with Crippen molar-refractivity contribution in [1.82, 2.24) is 0 Å². The van der Waals surface area contributed by atoms with Gasteiger partial charge >= 0.3 is 0 Å². The Morgan fingerprint density at radius 3 is 2.71 bits per heavy atom. The highest BCUT2D eigenvalue weighted by Crippen LogP contribution is 2.34. The number of carbonyl (C=O) groups is 1. The second-order valence-corrected chi connectivity index (χ2v) is 4.63. The molecule has 86 valence electrons. The minimum absolute atomic E-state index is 0.0629. The largest absolute Gasteiger partial charge is 0.325 e. The number of thiol groups is 1. The lowest BCUT2D eigenvalue weighted by Gasteiger charge is -2.09. The summed E-state index contributed by atoms with van der Waals surface area (Å²) in [6.45, 7) is 0. The van der Waals surface area contributed by atoms with Gasteiger partial charge in [0, 0.05) is 11.1 Å². The SMILES string of the molecule is O=C(CS)Nc1ccc2c3c(cccc13)CC2. The van der Waals surface area contributed by atoms with Gasteiger partial charge in [-0.25, -0.2) is 0 Å². The first kappa shape index (κ1) is 10.7. The molecular formula is C14H13NOS. The number of carbonyl (C=O) groups excluding carboxylic acids is 1. The number of anilines is 1. The van der Waals surface area contributed by atoms with E-state index < -0.39 is 0 Å². The van der Waals surface area contributed by atoms with Crippen LogP contribution in [0.15, 0.2) is 30.3 Å². The van der Waals surface area contributed by atoms with Crippen LogP contribution in [-0.4, -0.2) is 11.7 Å². The maximum absolute atomic E-state index is 11.4. The summed E-state index contributed by atoms with van der Waals surface area (Å²) in [7, 11) is 0. The molecule has 2 nitrogen and oxygen atoms in total. The summed E-state index contributed by atoms with van der Waals surface area (Å²) in [6.07, 6.45) is 2.22. The highest BCUT2D eigenvalue weighted by molar-refractivity contribution is 7.81. The van der Waals surface area contributed by atoms with Crippen LogP contribution in [0.4, 0.5) is 5.69 Å². The van der Waals surface area contributed by atoms with E-state index in [1.165, 1.54) is 16.5 Å². The van der Waals surface area contributed by atoms with Gasteiger partial charge in [0.2, 0.25) is 5.91 Å². The predicted octanol–water partition coefficient (Wildman–Crippen LogP) is 2.81. The Morgan fingerprint density at radius 1 is 1.18 bits per heavy atom. The highest BCUT2D eigenvalue weighted by atomic mass is 32.1. The molecule has 2 aromatic carbocycles. The average molecular weight is 243 g/mol. The lowest BCUT2D eigenvalue weighted by molar-refractivity contribution is -0.113. The lowest BCUT2D eigenvalue weighted by atomic mass is 10.0. The predicted molar refractivity (Wildman–Crippen MR) is 73.8 cm³/mol. The lowest BCUT2D eigenvalue weighted by Crippen LogP contribution is -2.12. The van der Waals surface area contributed by atoms with Gasteiger partial charge in [-0.15, -0.1) is 0 Å². The van der Waals surface area contributed by atoms with E-state index in [2.05, 4.69) is 42.2 Å². The van der Waals surface area contributed by atoms with Crippen molar-refractivity contribution in [3.05, 3.63) is 41.5 Å². The van der Waals surface area contributed by atoms with Crippen LogP contribution in [0.25, 0.3) is 10.8 Å². The summed E-state index contributed by atoms with van der Waals surface area (Å²) in [4.78, 5) is 11.4. The van der Waals surface area contributed by atoms with E-state index in [-0.39, 0.29) is 11.7 Å². The van der Waals surface area contributed by atoms with Gasteiger partial charge in [-0.05, 0) is 35.4 Å². The van der Waals surface area contributed by atoms with E-state index in [0.29, 0.717) is 0 Å². The van der Waals surface area contributed by atoms with Crippen molar-refractivity contribution < 1.29 is 4.79 Å². The van der Waals surface area contributed by atoms with Gasteiger partial charge in [-0.3, -0.25) is 4.79 Å². The van der Waals surface area contributed by atoms with E-state index in [0.717, 1.165) is 23.9 Å². The third-order valence-electron chi connectivity index (χ3n) is 3.29. The second kappa shape index (κ2) is 4.08. The van der Waals surface area contributed by atoms with Crippen LogP contribution in [0.3, 0.4) is 0 Å². The molecule has 0 bridgehead atoms. The number of hydrogen-bond donors (Lipinski definition) is 2. The number of rotatable bonds is 2. The molecule has 3 heteroatoms. The molecule has 0 radical (unpaired) electrons. The summed E-state index contributed by atoms with van der Waals surface area (Å²) in [5, 5.41) is 5.37. The van der Waals surface area contributed by atoms with E-state index in [4.69, 9.17) is 0 Å². The van der Waals surface area contributed by atoms with Gasteiger partial charge in [0.05, 0.1) is 5.75 Å². The van der Waals surface area contributed by atoms with Crippen LogP contribution in [0.5, 0.6) is 0 Å². The fourth-order valence-corrected chi connectivity index (χ4v) is 2.62. The van der Waals surface area contributed by atoms with Gasteiger partial charge in [-0.1, -0.05) is 24.3 Å². The molecule has 1 aliphatic carbocycles. The van der Waals surface area contributed by atoms with E-state index in [9.17, 15) is 4.79 Å². The first-order valence-corrected chi connectivity index (χ1v) is 6.37. The van der Waals surface area contributed by atoms with Crippen molar-refractivity contribution in [1.29, 1.82) is 0 Å². The zero-order valence-electron chi connectivity index (χ0n) is 9.36. The van der Waals surface area contributed by atoms with Gasteiger partial charge in [0.15, 0.2) is 0 Å². The molecule has 0 atom stereocenters. The minimum Gasteiger partial charge on any atom is -0.325 e. The molecule has 0 fully saturated rings. The maximum atomic E-state index is 11.4. The van der Waals surface area contributed by atoms with Gasteiger partial charge in [0.25, 0.3) is 0 Å². The highest BCUT2D eigenvalue weighted by Gasteiger charge is 2.16.